The Hall–Kier alpha value is -5.30. The highest BCUT2D eigenvalue weighted by molar-refractivity contribution is 6.38. The van der Waals surface area contributed by atoms with Gasteiger partial charge in [-0.15, -0.1) is 0 Å². The fourth-order valence-electron chi connectivity index (χ4n) is 5.39. The molecule has 0 atom stereocenters. The highest BCUT2D eigenvalue weighted by Crippen LogP contribution is 2.43. The molecular weight excluding hydrogens is 482 g/mol. The van der Waals surface area contributed by atoms with Gasteiger partial charge in [-0.3, -0.25) is 9.59 Å². The molecule has 7 nitrogen and oxygen atoms in total. The van der Waals surface area contributed by atoms with E-state index >= 15 is 0 Å². The summed E-state index contributed by atoms with van der Waals surface area (Å²) < 4.78 is 0. The third kappa shape index (κ3) is 3.29. The molecule has 0 bridgehead atoms. The van der Waals surface area contributed by atoms with Crippen LogP contribution in [0.3, 0.4) is 0 Å². The Morgan fingerprint density at radius 3 is 1.61 bits per heavy atom. The van der Waals surface area contributed by atoms with Gasteiger partial charge < -0.3 is 15.5 Å². The molecule has 38 heavy (non-hydrogen) atoms. The van der Waals surface area contributed by atoms with Gasteiger partial charge in [0.05, 0.1) is 11.1 Å². The molecule has 0 aliphatic carbocycles. The molecule has 6 aromatic rings. The summed E-state index contributed by atoms with van der Waals surface area (Å²) in [6.45, 7) is 1.94. The SMILES string of the molecule is Cc1ccc(NC(=O)c2ccc3c4ccc(C(=O)O)c5c(C=O)ccc(c6ccc(C(=O)O)c2c63)c54)cc1. The second-order valence-corrected chi connectivity index (χ2v) is 9.23. The summed E-state index contributed by atoms with van der Waals surface area (Å²) in [4.78, 5) is 49.7. The Balaban J connectivity index is 1.74. The molecule has 0 unspecified atom stereocenters. The lowest BCUT2D eigenvalue weighted by Gasteiger charge is -2.19. The maximum atomic E-state index is 13.4. The lowest BCUT2D eigenvalue weighted by molar-refractivity contribution is 0.0688. The molecular formula is C31H19NO6. The number of anilines is 1. The molecule has 0 spiro atoms. The number of aromatic carboxylic acids is 2. The van der Waals surface area contributed by atoms with Crippen LogP contribution in [0.2, 0.25) is 0 Å². The Morgan fingerprint density at radius 2 is 1.08 bits per heavy atom. The molecule has 0 aromatic heterocycles. The first kappa shape index (κ1) is 23.1. The van der Waals surface area contributed by atoms with Gasteiger partial charge in [-0.1, -0.05) is 48.0 Å². The van der Waals surface area contributed by atoms with E-state index in [9.17, 15) is 29.4 Å². The molecule has 6 aromatic carbocycles. The van der Waals surface area contributed by atoms with Crippen molar-refractivity contribution in [1.82, 2.24) is 0 Å². The van der Waals surface area contributed by atoms with Crippen molar-refractivity contribution in [3.05, 3.63) is 101 Å². The fraction of sp³-hybridized carbons (Fsp3) is 0.0323. The van der Waals surface area contributed by atoms with Crippen molar-refractivity contribution in [2.24, 2.45) is 0 Å². The Kier molecular flexibility index (Phi) is 5.10. The molecule has 0 heterocycles. The molecule has 1 amide bonds. The number of aldehydes is 1. The van der Waals surface area contributed by atoms with Gasteiger partial charge in [0.15, 0.2) is 6.29 Å². The molecule has 0 radical (unpaired) electrons. The quantitative estimate of drug-likeness (QED) is 0.141. The van der Waals surface area contributed by atoms with Crippen LogP contribution in [0.5, 0.6) is 0 Å². The number of amides is 1. The van der Waals surface area contributed by atoms with Crippen LogP contribution in [0.25, 0.3) is 43.1 Å². The lowest BCUT2D eigenvalue weighted by Crippen LogP contribution is -2.14. The zero-order valence-corrected chi connectivity index (χ0v) is 20.0. The van der Waals surface area contributed by atoms with Crippen LogP contribution >= 0.6 is 0 Å². The van der Waals surface area contributed by atoms with Gasteiger partial charge >= 0.3 is 11.9 Å². The van der Waals surface area contributed by atoms with Gasteiger partial charge in [-0.05, 0) is 69.6 Å². The number of nitrogens with one attached hydrogen (secondary N) is 1. The van der Waals surface area contributed by atoms with Crippen molar-refractivity contribution in [2.75, 3.05) is 5.32 Å². The van der Waals surface area contributed by atoms with Crippen LogP contribution in [0.4, 0.5) is 5.69 Å². The molecule has 184 valence electrons. The number of carboxylic acids is 2. The third-order valence-corrected chi connectivity index (χ3v) is 7.08. The van der Waals surface area contributed by atoms with Crippen molar-refractivity contribution in [1.29, 1.82) is 0 Å². The van der Waals surface area contributed by atoms with Crippen LogP contribution in [-0.2, 0) is 0 Å². The number of aryl methyl sites for hydroxylation is 1. The summed E-state index contributed by atoms with van der Waals surface area (Å²) >= 11 is 0. The second-order valence-electron chi connectivity index (χ2n) is 9.23. The average Bonchev–Trinajstić information content (AvgIpc) is 2.91. The van der Waals surface area contributed by atoms with Gasteiger partial charge in [0.25, 0.3) is 5.91 Å². The van der Waals surface area contributed by atoms with E-state index in [0.717, 1.165) is 5.56 Å². The molecule has 0 aliphatic heterocycles. The molecule has 6 rings (SSSR count). The smallest absolute Gasteiger partial charge is 0.336 e. The van der Waals surface area contributed by atoms with Crippen molar-refractivity contribution in [3.8, 4) is 0 Å². The van der Waals surface area contributed by atoms with Crippen molar-refractivity contribution >= 4 is 72.9 Å². The van der Waals surface area contributed by atoms with Gasteiger partial charge in [-0.2, -0.15) is 0 Å². The van der Waals surface area contributed by atoms with Crippen LogP contribution in [0.1, 0.15) is 47.0 Å². The highest BCUT2D eigenvalue weighted by atomic mass is 16.4. The van der Waals surface area contributed by atoms with Crippen LogP contribution in [-0.4, -0.2) is 34.3 Å². The average molecular weight is 501 g/mol. The van der Waals surface area contributed by atoms with E-state index in [2.05, 4.69) is 5.32 Å². The maximum absolute atomic E-state index is 13.4. The number of hydrogen-bond acceptors (Lipinski definition) is 4. The monoisotopic (exact) mass is 501 g/mol. The highest BCUT2D eigenvalue weighted by Gasteiger charge is 2.24. The predicted octanol–water partition coefficient (Wildman–Crippen LogP) is 6.51. The summed E-state index contributed by atoms with van der Waals surface area (Å²) in [7, 11) is 0. The van der Waals surface area contributed by atoms with Gasteiger partial charge in [0, 0.05) is 27.6 Å². The molecule has 7 heteroatoms. The first-order chi connectivity index (χ1) is 18.3. The number of hydrogen-bond donors (Lipinski definition) is 3. The largest absolute Gasteiger partial charge is 0.478 e. The molecule has 3 N–H and O–H groups in total. The summed E-state index contributed by atoms with van der Waals surface area (Å²) in [6.07, 6.45) is 0.631. The first-order valence-electron chi connectivity index (χ1n) is 11.8. The molecule has 0 aliphatic rings. The zero-order valence-electron chi connectivity index (χ0n) is 20.0. The normalized spacial score (nSPS) is 11.4. The topological polar surface area (TPSA) is 121 Å². The van der Waals surface area contributed by atoms with Gasteiger partial charge in [-0.25, -0.2) is 9.59 Å². The Bertz CT molecular complexity index is 1970. The zero-order chi connectivity index (χ0) is 26.7. The van der Waals surface area contributed by atoms with Crippen molar-refractivity contribution < 1.29 is 29.4 Å². The molecule has 0 saturated heterocycles. The van der Waals surface area contributed by atoms with Crippen LogP contribution in [0, 0.1) is 6.92 Å². The Morgan fingerprint density at radius 1 is 0.605 bits per heavy atom. The maximum Gasteiger partial charge on any atom is 0.336 e. The van der Waals surface area contributed by atoms with E-state index in [4.69, 9.17) is 0 Å². The number of carbonyl (C=O) groups excluding carboxylic acids is 2. The van der Waals surface area contributed by atoms with Crippen LogP contribution < -0.4 is 5.32 Å². The third-order valence-electron chi connectivity index (χ3n) is 7.08. The summed E-state index contributed by atoms with van der Waals surface area (Å²) in [5.74, 6) is -2.78. The van der Waals surface area contributed by atoms with E-state index in [1.165, 1.54) is 12.1 Å². The van der Waals surface area contributed by atoms with Crippen molar-refractivity contribution in [2.45, 2.75) is 6.92 Å². The van der Waals surface area contributed by atoms with E-state index < -0.39 is 17.8 Å². The number of carbonyl (C=O) groups is 4. The standard InChI is InChI=1S/C31H19NO6/c1-15-2-5-17(6-3-15)32-29(34)22-11-8-20-19-9-12-23(30(35)36)25-16(14-33)4-7-18(26(19)25)21-10-13-24(31(37)38)28(22)27(20)21/h2-14H,1H3,(H,32,34)(H,35,36)(H,37,38). The molecule has 0 saturated carbocycles. The minimum absolute atomic E-state index is 0.00338. The van der Waals surface area contributed by atoms with Crippen molar-refractivity contribution in [3.63, 3.8) is 0 Å². The van der Waals surface area contributed by atoms with E-state index in [0.29, 0.717) is 49.7 Å². The minimum Gasteiger partial charge on any atom is -0.478 e. The number of fused-ring (bicyclic) bond motifs is 2. The predicted molar refractivity (Wildman–Crippen MR) is 146 cm³/mol. The molecule has 0 fully saturated rings. The van der Waals surface area contributed by atoms with E-state index in [1.807, 2.05) is 19.1 Å². The summed E-state index contributed by atoms with van der Waals surface area (Å²) in [6, 6.07) is 20.2. The number of benzene rings is 6. The Labute approximate surface area is 215 Å². The number of rotatable bonds is 5. The fourth-order valence-corrected chi connectivity index (χ4v) is 5.39. The lowest BCUT2D eigenvalue weighted by atomic mass is 9.84. The minimum atomic E-state index is -1.17. The number of carboxylic acid groups (broad SMARTS) is 2. The van der Waals surface area contributed by atoms with E-state index in [-0.39, 0.29) is 27.6 Å². The van der Waals surface area contributed by atoms with Gasteiger partial charge in [0.1, 0.15) is 0 Å². The summed E-state index contributed by atoms with van der Waals surface area (Å²) in [5, 5.41) is 27.2. The first-order valence-corrected chi connectivity index (χ1v) is 11.8. The summed E-state index contributed by atoms with van der Waals surface area (Å²) in [5.41, 5.74) is 2.05. The van der Waals surface area contributed by atoms with E-state index in [1.54, 1.807) is 48.5 Å². The second kappa shape index (κ2) is 8.38. The van der Waals surface area contributed by atoms with Gasteiger partial charge in [0.2, 0.25) is 0 Å². The van der Waals surface area contributed by atoms with Crippen LogP contribution in [0.15, 0.2) is 72.8 Å².